The molecule has 1 aromatic heterocycles. The van der Waals surface area contributed by atoms with E-state index >= 15 is 0 Å². The van der Waals surface area contributed by atoms with E-state index in [-0.39, 0.29) is 24.0 Å². The minimum Gasteiger partial charge on any atom is -0.369 e. The summed E-state index contributed by atoms with van der Waals surface area (Å²) in [5.41, 5.74) is 5.15. The standard InChI is InChI=1S/C9H9ClN4O2/c10-6-2-7(13-4-12-6)14-3-5(9(11)16)1-8(14)15/h2,4-5H,1,3H2,(H2,11,16). The molecule has 1 aromatic rings. The number of aromatic nitrogens is 2. The summed E-state index contributed by atoms with van der Waals surface area (Å²) in [6, 6.07) is 1.48. The fraction of sp³-hybridized carbons (Fsp3) is 0.333. The number of amides is 2. The molecule has 1 saturated heterocycles. The van der Waals surface area contributed by atoms with Crippen molar-refractivity contribution in [2.75, 3.05) is 11.4 Å². The van der Waals surface area contributed by atoms with Crippen LogP contribution in [-0.4, -0.2) is 28.3 Å². The zero-order chi connectivity index (χ0) is 11.7. The number of carbonyl (C=O) groups excluding carboxylic acids is 2. The van der Waals surface area contributed by atoms with Gasteiger partial charge >= 0.3 is 0 Å². The maximum Gasteiger partial charge on any atom is 0.229 e. The Morgan fingerprint density at radius 1 is 1.56 bits per heavy atom. The van der Waals surface area contributed by atoms with Crippen LogP contribution >= 0.6 is 11.6 Å². The number of hydrogen-bond donors (Lipinski definition) is 1. The zero-order valence-electron chi connectivity index (χ0n) is 8.26. The Hall–Kier alpha value is -1.69. The first kappa shape index (κ1) is 10.8. The van der Waals surface area contributed by atoms with Gasteiger partial charge in [-0.05, 0) is 0 Å². The van der Waals surface area contributed by atoms with Gasteiger partial charge in [0, 0.05) is 19.0 Å². The third kappa shape index (κ3) is 1.96. The fourth-order valence-corrected chi connectivity index (χ4v) is 1.73. The number of halogens is 1. The lowest BCUT2D eigenvalue weighted by atomic mass is 10.1. The van der Waals surface area contributed by atoms with Gasteiger partial charge in [0.25, 0.3) is 0 Å². The lowest BCUT2D eigenvalue weighted by Gasteiger charge is -2.14. The van der Waals surface area contributed by atoms with Crippen LogP contribution in [0.2, 0.25) is 5.15 Å². The highest BCUT2D eigenvalue weighted by Gasteiger charge is 2.34. The quantitative estimate of drug-likeness (QED) is 0.735. The second kappa shape index (κ2) is 4.05. The zero-order valence-corrected chi connectivity index (χ0v) is 9.02. The maximum atomic E-state index is 11.6. The topological polar surface area (TPSA) is 89.2 Å². The van der Waals surface area contributed by atoms with Crippen molar-refractivity contribution in [2.45, 2.75) is 6.42 Å². The van der Waals surface area contributed by atoms with Gasteiger partial charge in [-0.1, -0.05) is 11.6 Å². The van der Waals surface area contributed by atoms with Gasteiger partial charge in [0.1, 0.15) is 17.3 Å². The van der Waals surface area contributed by atoms with E-state index in [0.717, 1.165) is 0 Å². The third-order valence-corrected chi connectivity index (χ3v) is 2.63. The molecule has 0 saturated carbocycles. The van der Waals surface area contributed by atoms with E-state index in [4.69, 9.17) is 17.3 Å². The van der Waals surface area contributed by atoms with E-state index in [1.165, 1.54) is 17.3 Å². The number of primary amides is 1. The number of hydrogen-bond acceptors (Lipinski definition) is 4. The molecule has 1 aliphatic heterocycles. The van der Waals surface area contributed by atoms with Crippen molar-refractivity contribution in [1.82, 2.24) is 9.97 Å². The predicted molar refractivity (Wildman–Crippen MR) is 56.7 cm³/mol. The first-order valence-corrected chi connectivity index (χ1v) is 5.03. The van der Waals surface area contributed by atoms with Gasteiger partial charge < -0.3 is 5.73 Å². The fourth-order valence-electron chi connectivity index (χ4n) is 1.59. The normalized spacial score (nSPS) is 20.2. The molecule has 2 amide bonds. The number of anilines is 1. The van der Waals surface area contributed by atoms with Crippen molar-refractivity contribution in [1.29, 1.82) is 0 Å². The predicted octanol–water partition coefficient (Wildman–Crippen LogP) is -0.0318. The van der Waals surface area contributed by atoms with Crippen LogP contribution in [0.1, 0.15) is 6.42 Å². The molecule has 0 bridgehead atoms. The van der Waals surface area contributed by atoms with E-state index < -0.39 is 11.8 Å². The molecule has 16 heavy (non-hydrogen) atoms. The Labute approximate surface area is 96.4 Å². The Bertz CT molecular complexity index is 451. The molecule has 1 fully saturated rings. The lowest BCUT2D eigenvalue weighted by molar-refractivity contribution is -0.123. The molecule has 0 spiro atoms. The summed E-state index contributed by atoms with van der Waals surface area (Å²) < 4.78 is 0. The van der Waals surface area contributed by atoms with E-state index in [1.54, 1.807) is 0 Å². The minimum absolute atomic E-state index is 0.122. The highest BCUT2D eigenvalue weighted by molar-refractivity contribution is 6.29. The Balaban J connectivity index is 2.23. The summed E-state index contributed by atoms with van der Waals surface area (Å²) in [4.78, 5) is 31.6. The van der Waals surface area contributed by atoms with Crippen LogP contribution in [0.5, 0.6) is 0 Å². The van der Waals surface area contributed by atoms with Crippen molar-refractivity contribution in [2.24, 2.45) is 11.7 Å². The summed E-state index contributed by atoms with van der Waals surface area (Å²) in [6.45, 7) is 0.251. The Morgan fingerprint density at radius 2 is 2.31 bits per heavy atom. The van der Waals surface area contributed by atoms with Crippen LogP contribution in [-0.2, 0) is 9.59 Å². The molecule has 6 nitrogen and oxygen atoms in total. The van der Waals surface area contributed by atoms with Crippen LogP contribution in [0.4, 0.5) is 5.82 Å². The molecule has 0 aliphatic carbocycles. The van der Waals surface area contributed by atoms with Gasteiger partial charge in [0.2, 0.25) is 11.8 Å². The summed E-state index contributed by atoms with van der Waals surface area (Å²) in [7, 11) is 0. The first-order chi connectivity index (χ1) is 7.58. The van der Waals surface area contributed by atoms with Crippen molar-refractivity contribution < 1.29 is 9.59 Å². The molecular weight excluding hydrogens is 232 g/mol. The van der Waals surface area contributed by atoms with E-state index in [2.05, 4.69) is 9.97 Å². The molecule has 2 heterocycles. The number of nitrogens with two attached hydrogens (primary N) is 1. The lowest BCUT2D eigenvalue weighted by Crippen LogP contribution is -2.29. The van der Waals surface area contributed by atoms with Gasteiger partial charge in [-0.3, -0.25) is 14.5 Å². The molecule has 0 aromatic carbocycles. The highest BCUT2D eigenvalue weighted by atomic mass is 35.5. The van der Waals surface area contributed by atoms with Crippen LogP contribution in [0, 0.1) is 5.92 Å². The van der Waals surface area contributed by atoms with Gasteiger partial charge in [-0.15, -0.1) is 0 Å². The first-order valence-electron chi connectivity index (χ1n) is 4.65. The Morgan fingerprint density at radius 3 is 2.88 bits per heavy atom. The van der Waals surface area contributed by atoms with Crippen LogP contribution in [0.25, 0.3) is 0 Å². The molecule has 1 atom stereocenters. The highest BCUT2D eigenvalue weighted by Crippen LogP contribution is 2.24. The third-order valence-electron chi connectivity index (χ3n) is 2.42. The minimum atomic E-state index is -0.476. The average Bonchev–Trinajstić information content (AvgIpc) is 2.60. The van der Waals surface area contributed by atoms with E-state index in [9.17, 15) is 9.59 Å². The largest absolute Gasteiger partial charge is 0.369 e. The van der Waals surface area contributed by atoms with Crippen LogP contribution in [0.15, 0.2) is 12.4 Å². The second-order valence-electron chi connectivity index (χ2n) is 3.51. The molecule has 7 heteroatoms. The molecule has 1 aliphatic rings. The summed E-state index contributed by atoms with van der Waals surface area (Å²) >= 11 is 5.69. The summed E-state index contributed by atoms with van der Waals surface area (Å²) in [6.07, 6.45) is 1.39. The SMILES string of the molecule is NC(=O)C1CC(=O)N(c2cc(Cl)ncn2)C1. The van der Waals surface area contributed by atoms with Gasteiger partial charge in [0.05, 0.1) is 5.92 Å². The number of nitrogens with zero attached hydrogens (tertiary/aromatic N) is 3. The van der Waals surface area contributed by atoms with Crippen molar-refractivity contribution in [3.05, 3.63) is 17.5 Å². The monoisotopic (exact) mass is 240 g/mol. The molecule has 1 unspecified atom stereocenters. The van der Waals surface area contributed by atoms with Gasteiger partial charge in [-0.2, -0.15) is 0 Å². The van der Waals surface area contributed by atoms with E-state index in [1.807, 2.05) is 0 Å². The van der Waals surface area contributed by atoms with E-state index in [0.29, 0.717) is 5.82 Å². The number of carbonyl (C=O) groups is 2. The number of rotatable bonds is 2. The molecule has 2 rings (SSSR count). The molecular formula is C9H9ClN4O2. The van der Waals surface area contributed by atoms with Gasteiger partial charge in [-0.25, -0.2) is 9.97 Å². The molecule has 2 N–H and O–H groups in total. The summed E-state index contributed by atoms with van der Waals surface area (Å²) in [5.74, 6) is -0.718. The maximum absolute atomic E-state index is 11.6. The summed E-state index contributed by atoms with van der Waals surface area (Å²) in [5, 5.41) is 0.250. The van der Waals surface area contributed by atoms with Gasteiger partial charge in [0.15, 0.2) is 0 Å². The Kier molecular flexibility index (Phi) is 2.74. The van der Waals surface area contributed by atoms with Crippen molar-refractivity contribution in [3.8, 4) is 0 Å². The second-order valence-corrected chi connectivity index (χ2v) is 3.89. The van der Waals surface area contributed by atoms with Crippen molar-refractivity contribution >= 4 is 29.2 Å². The molecule has 0 radical (unpaired) electrons. The van der Waals surface area contributed by atoms with Crippen LogP contribution in [0.3, 0.4) is 0 Å². The van der Waals surface area contributed by atoms with Crippen LogP contribution < -0.4 is 10.6 Å². The molecule has 84 valence electrons. The average molecular weight is 241 g/mol. The smallest absolute Gasteiger partial charge is 0.229 e. The van der Waals surface area contributed by atoms with Crippen molar-refractivity contribution in [3.63, 3.8) is 0 Å².